The molecule has 0 atom stereocenters. The summed E-state index contributed by atoms with van der Waals surface area (Å²) in [5.74, 6) is 0.551. The van der Waals surface area contributed by atoms with E-state index in [-0.39, 0.29) is 22.5 Å². The van der Waals surface area contributed by atoms with Gasteiger partial charge in [-0.05, 0) is 53.4 Å². The summed E-state index contributed by atoms with van der Waals surface area (Å²) in [4.78, 5) is 33.4. The van der Waals surface area contributed by atoms with Gasteiger partial charge >= 0.3 is 0 Å². The van der Waals surface area contributed by atoms with Crippen LogP contribution in [0.4, 0.5) is 11.6 Å². The quantitative estimate of drug-likeness (QED) is 0.355. The zero-order valence-electron chi connectivity index (χ0n) is 20.2. The van der Waals surface area contributed by atoms with Crippen LogP contribution in [0.5, 0.6) is 11.6 Å². The van der Waals surface area contributed by atoms with Crippen LogP contribution >= 0.6 is 11.6 Å². The maximum atomic E-state index is 13.4. The number of nitrogens with two attached hydrogens (primary N) is 1. The van der Waals surface area contributed by atoms with Crippen LogP contribution in [0.2, 0.25) is 5.02 Å². The molecule has 0 fully saturated rings. The maximum Gasteiger partial charge on any atom is 0.267 e. The lowest BCUT2D eigenvalue weighted by molar-refractivity contribution is 0.0995. The minimum atomic E-state index is -0.630. The van der Waals surface area contributed by atoms with E-state index in [1.807, 2.05) is 32.9 Å². The zero-order valence-corrected chi connectivity index (χ0v) is 20.9. The molecule has 2 aromatic heterocycles. The highest BCUT2D eigenvalue weighted by molar-refractivity contribution is 6.30. The number of halogens is 1. The third-order valence-electron chi connectivity index (χ3n) is 5.42. The first-order valence-electron chi connectivity index (χ1n) is 11.3. The smallest absolute Gasteiger partial charge is 0.267 e. The van der Waals surface area contributed by atoms with E-state index in [1.165, 1.54) is 6.07 Å². The fourth-order valence-corrected chi connectivity index (χ4v) is 3.62. The van der Waals surface area contributed by atoms with Gasteiger partial charge in [-0.1, -0.05) is 50.6 Å². The van der Waals surface area contributed by atoms with Crippen LogP contribution in [-0.2, 0) is 12.0 Å². The molecule has 4 aromatic rings. The first kappa shape index (κ1) is 24.9. The number of rotatable bonds is 7. The standard InChI is InChI=1S/C27H26ClN5O3/c1-27(2,3)21-15-30-26(33(25(21)35)16-17-7-9-18(28)10-8-17)31-19-11-13-20(14-12-19)36-23-6-4-5-22(32-23)24(29)34/h4-15H,16H2,1-3H3,(H2,29,34)(H,30,31). The van der Waals surface area contributed by atoms with E-state index in [9.17, 15) is 9.59 Å². The second-order valence-electron chi connectivity index (χ2n) is 9.24. The van der Waals surface area contributed by atoms with Crippen molar-refractivity contribution in [2.45, 2.75) is 32.7 Å². The first-order valence-corrected chi connectivity index (χ1v) is 11.6. The van der Waals surface area contributed by atoms with Gasteiger partial charge in [0.15, 0.2) is 0 Å². The number of ether oxygens (including phenoxy) is 1. The summed E-state index contributed by atoms with van der Waals surface area (Å²) in [7, 11) is 0. The summed E-state index contributed by atoms with van der Waals surface area (Å²) < 4.78 is 7.35. The molecule has 0 aliphatic carbocycles. The molecule has 0 saturated heterocycles. The van der Waals surface area contributed by atoms with E-state index in [2.05, 4.69) is 15.3 Å². The predicted octanol–water partition coefficient (Wildman–Crippen LogP) is 5.27. The van der Waals surface area contributed by atoms with E-state index < -0.39 is 5.91 Å². The number of primary amides is 1. The SMILES string of the molecule is CC(C)(C)c1cnc(Nc2ccc(Oc3cccc(C(N)=O)n3)cc2)n(Cc2ccc(Cl)cc2)c1=O. The monoisotopic (exact) mass is 503 g/mol. The number of anilines is 2. The van der Waals surface area contributed by atoms with Gasteiger partial charge in [-0.3, -0.25) is 14.2 Å². The minimum Gasteiger partial charge on any atom is -0.439 e. The van der Waals surface area contributed by atoms with Crippen LogP contribution in [0.25, 0.3) is 0 Å². The largest absolute Gasteiger partial charge is 0.439 e. The van der Waals surface area contributed by atoms with Crippen LogP contribution in [-0.4, -0.2) is 20.4 Å². The summed E-state index contributed by atoms with van der Waals surface area (Å²) in [6.45, 7) is 6.28. The summed E-state index contributed by atoms with van der Waals surface area (Å²) in [5.41, 5.74) is 7.18. The molecule has 2 heterocycles. The molecule has 0 unspecified atom stereocenters. The van der Waals surface area contributed by atoms with Gasteiger partial charge in [-0.25, -0.2) is 9.97 Å². The van der Waals surface area contributed by atoms with Crippen LogP contribution in [0, 0.1) is 0 Å². The molecule has 9 heteroatoms. The highest BCUT2D eigenvalue weighted by atomic mass is 35.5. The molecule has 184 valence electrons. The lowest BCUT2D eigenvalue weighted by atomic mass is 9.89. The Kier molecular flexibility index (Phi) is 7.07. The summed E-state index contributed by atoms with van der Waals surface area (Å²) in [6.07, 6.45) is 1.62. The molecule has 0 spiro atoms. The van der Waals surface area contributed by atoms with Gasteiger partial charge in [0.05, 0.1) is 6.54 Å². The second-order valence-corrected chi connectivity index (χ2v) is 9.68. The van der Waals surface area contributed by atoms with Crippen molar-refractivity contribution in [3.8, 4) is 11.6 Å². The molecule has 0 saturated carbocycles. The van der Waals surface area contributed by atoms with Crippen molar-refractivity contribution in [2.75, 3.05) is 5.32 Å². The molecule has 8 nitrogen and oxygen atoms in total. The Bertz CT molecular complexity index is 1440. The Hall–Kier alpha value is -4.17. The molecule has 36 heavy (non-hydrogen) atoms. The highest BCUT2D eigenvalue weighted by Crippen LogP contribution is 2.25. The molecule has 4 rings (SSSR count). The van der Waals surface area contributed by atoms with Crippen molar-refractivity contribution in [1.29, 1.82) is 0 Å². The number of benzene rings is 2. The molecule has 3 N–H and O–H groups in total. The van der Waals surface area contributed by atoms with E-state index in [4.69, 9.17) is 22.1 Å². The third kappa shape index (κ3) is 5.90. The number of aromatic nitrogens is 3. The second kappa shape index (κ2) is 10.2. The maximum absolute atomic E-state index is 13.4. The Labute approximate surface area is 213 Å². The van der Waals surface area contributed by atoms with Crippen molar-refractivity contribution in [3.63, 3.8) is 0 Å². The van der Waals surface area contributed by atoms with Crippen LogP contribution in [0.15, 0.2) is 77.7 Å². The number of carbonyl (C=O) groups is 1. The molecule has 0 aliphatic rings. The van der Waals surface area contributed by atoms with Crippen LogP contribution in [0.3, 0.4) is 0 Å². The number of carbonyl (C=O) groups excluding carboxylic acids is 1. The predicted molar refractivity (Wildman–Crippen MR) is 140 cm³/mol. The fourth-order valence-electron chi connectivity index (χ4n) is 3.49. The Balaban J connectivity index is 1.60. The molecular weight excluding hydrogens is 478 g/mol. The summed E-state index contributed by atoms with van der Waals surface area (Å²) >= 11 is 6.03. The van der Waals surface area contributed by atoms with Crippen molar-refractivity contribution in [3.05, 3.63) is 105 Å². The number of pyridine rings is 1. The van der Waals surface area contributed by atoms with E-state index in [1.54, 1.807) is 59.3 Å². The van der Waals surface area contributed by atoms with Gasteiger partial charge in [0.2, 0.25) is 11.8 Å². The zero-order chi connectivity index (χ0) is 25.9. The van der Waals surface area contributed by atoms with Crippen molar-refractivity contribution in [2.24, 2.45) is 5.73 Å². The minimum absolute atomic E-state index is 0.115. The third-order valence-corrected chi connectivity index (χ3v) is 5.67. The highest BCUT2D eigenvalue weighted by Gasteiger charge is 2.21. The summed E-state index contributed by atoms with van der Waals surface area (Å²) in [5, 5.41) is 3.86. The number of nitrogens with zero attached hydrogens (tertiary/aromatic N) is 3. The van der Waals surface area contributed by atoms with Gasteiger partial charge < -0.3 is 15.8 Å². The molecule has 2 aromatic carbocycles. The Morgan fingerprint density at radius 2 is 1.75 bits per heavy atom. The van der Waals surface area contributed by atoms with Crippen molar-refractivity contribution >= 4 is 29.1 Å². The van der Waals surface area contributed by atoms with E-state index in [0.29, 0.717) is 34.5 Å². The van der Waals surface area contributed by atoms with Gasteiger partial charge in [-0.15, -0.1) is 0 Å². The van der Waals surface area contributed by atoms with E-state index in [0.717, 1.165) is 5.56 Å². The van der Waals surface area contributed by atoms with Crippen LogP contribution < -0.4 is 21.3 Å². The number of nitrogens with one attached hydrogen (secondary N) is 1. The van der Waals surface area contributed by atoms with Gasteiger partial charge in [0.25, 0.3) is 11.5 Å². The lowest BCUT2D eigenvalue weighted by Gasteiger charge is -2.21. The lowest BCUT2D eigenvalue weighted by Crippen LogP contribution is -2.32. The Morgan fingerprint density at radius 3 is 2.39 bits per heavy atom. The Morgan fingerprint density at radius 1 is 1.06 bits per heavy atom. The van der Waals surface area contributed by atoms with Crippen molar-refractivity contribution < 1.29 is 9.53 Å². The molecule has 0 bridgehead atoms. The van der Waals surface area contributed by atoms with Crippen LogP contribution in [0.1, 0.15) is 42.4 Å². The molecule has 0 radical (unpaired) electrons. The number of hydrogen-bond acceptors (Lipinski definition) is 6. The van der Waals surface area contributed by atoms with Gasteiger partial charge in [-0.2, -0.15) is 0 Å². The number of hydrogen-bond donors (Lipinski definition) is 2. The molecule has 0 aliphatic heterocycles. The van der Waals surface area contributed by atoms with Gasteiger partial charge in [0.1, 0.15) is 11.4 Å². The van der Waals surface area contributed by atoms with Crippen molar-refractivity contribution in [1.82, 2.24) is 14.5 Å². The summed E-state index contributed by atoms with van der Waals surface area (Å²) in [6, 6.07) is 19.2. The van der Waals surface area contributed by atoms with E-state index >= 15 is 0 Å². The fraction of sp³-hybridized carbons (Fsp3) is 0.185. The number of amides is 1. The average molecular weight is 504 g/mol. The molecule has 1 amide bonds. The first-order chi connectivity index (χ1) is 17.1. The van der Waals surface area contributed by atoms with Gasteiger partial charge in [0, 0.05) is 28.5 Å². The molecular formula is C27H26ClN5O3. The topological polar surface area (TPSA) is 112 Å². The normalized spacial score (nSPS) is 11.2. The average Bonchev–Trinajstić information content (AvgIpc) is 2.83.